The van der Waals surface area contributed by atoms with Crippen molar-refractivity contribution >= 4 is 16.6 Å². The van der Waals surface area contributed by atoms with E-state index in [4.69, 9.17) is 4.74 Å². The van der Waals surface area contributed by atoms with Crippen molar-refractivity contribution in [2.75, 3.05) is 11.9 Å². The molecule has 4 nitrogen and oxygen atoms in total. The average Bonchev–Trinajstić information content (AvgIpc) is 2.94. The number of fused-ring (bicyclic) bond motifs is 2. The van der Waals surface area contributed by atoms with Gasteiger partial charge in [-0.2, -0.15) is 5.10 Å². The van der Waals surface area contributed by atoms with Crippen molar-refractivity contribution in [3.8, 4) is 5.75 Å². The Morgan fingerprint density at radius 1 is 1.00 bits per heavy atom. The lowest BCUT2D eigenvalue weighted by atomic mass is 10.1. The van der Waals surface area contributed by atoms with E-state index >= 15 is 0 Å². The minimum atomic E-state index is 0.113. The summed E-state index contributed by atoms with van der Waals surface area (Å²) in [5, 5.41) is 14.3. The summed E-state index contributed by atoms with van der Waals surface area (Å²) < 4.78 is 5.71. The number of rotatable bonds is 2. The molecule has 4 rings (SSSR count). The summed E-state index contributed by atoms with van der Waals surface area (Å²) in [6.45, 7) is 2.59. The van der Waals surface area contributed by atoms with Gasteiger partial charge in [0.1, 0.15) is 12.4 Å². The van der Waals surface area contributed by atoms with Gasteiger partial charge in [0.05, 0.1) is 11.7 Å². The Balaban J connectivity index is 1.75. The van der Waals surface area contributed by atoms with Crippen molar-refractivity contribution in [3.63, 3.8) is 0 Å². The number of benzene rings is 2. The normalized spacial score (nSPS) is 16.5. The smallest absolute Gasteiger partial charge is 0.157 e. The molecular formula is C17H15N3O. The van der Waals surface area contributed by atoms with E-state index in [9.17, 15) is 0 Å². The molecule has 0 radical (unpaired) electrons. The number of aromatic nitrogens is 2. The van der Waals surface area contributed by atoms with Crippen LogP contribution in [0.2, 0.25) is 0 Å². The maximum Gasteiger partial charge on any atom is 0.157 e. The van der Waals surface area contributed by atoms with E-state index in [0.717, 1.165) is 28.0 Å². The zero-order chi connectivity index (χ0) is 14.2. The van der Waals surface area contributed by atoms with Crippen LogP contribution in [0.3, 0.4) is 0 Å². The Morgan fingerprint density at radius 3 is 2.67 bits per heavy atom. The highest BCUT2D eigenvalue weighted by atomic mass is 16.5. The summed E-state index contributed by atoms with van der Waals surface area (Å²) >= 11 is 0. The van der Waals surface area contributed by atoms with Gasteiger partial charge in [-0.1, -0.05) is 42.5 Å². The van der Waals surface area contributed by atoms with Gasteiger partial charge in [0.25, 0.3) is 0 Å². The molecule has 1 unspecified atom stereocenters. The second-order valence-corrected chi connectivity index (χ2v) is 5.23. The van der Waals surface area contributed by atoms with E-state index < -0.39 is 0 Å². The molecule has 21 heavy (non-hydrogen) atoms. The lowest BCUT2D eigenvalue weighted by molar-refractivity contribution is 0.339. The van der Waals surface area contributed by atoms with E-state index in [1.54, 1.807) is 0 Å². The SMILES string of the molecule is Cc1nnc(NC2COc3ccccc32)c2ccccc12. The van der Waals surface area contributed by atoms with Crippen LogP contribution >= 0.6 is 0 Å². The van der Waals surface area contributed by atoms with Crippen LogP contribution in [0, 0.1) is 6.92 Å². The molecule has 0 saturated heterocycles. The molecular weight excluding hydrogens is 262 g/mol. The number of hydrogen-bond acceptors (Lipinski definition) is 4. The van der Waals surface area contributed by atoms with Gasteiger partial charge in [-0.15, -0.1) is 5.10 Å². The highest BCUT2D eigenvalue weighted by Gasteiger charge is 2.24. The first kappa shape index (κ1) is 12.1. The predicted molar refractivity (Wildman–Crippen MR) is 82.6 cm³/mol. The summed E-state index contributed by atoms with van der Waals surface area (Å²) in [5.74, 6) is 1.75. The van der Waals surface area contributed by atoms with Gasteiger partial charge in [0, 0.05) is 16.3 Å². The molecule has 0 spiro atoms. The highest BCUT2D eigenvalue weighted by molar-refractivity contribution is 5.93. The number of nitrogens with one attached hydrogen (secondary N) is 1. The third-order valence-corrected chi connectivity index (χ3v) is 3.88. The van der Waals surface area contributed by atoms with Gasteiger partial charge in [-0.3, -0.25) is 0 Å². The number of ether oxygens (including phenoxy) is 1. The molecule has 0 aliphatic carbocycles. The fourth-order valence-electron chi connectivity index (χ4n) is 2.79. The van der Waals surface area contributed by atoms with Crippen LogP contribution in [0.25, 0.3) is 10.8 Å². The van der Waals surface area contributed by atoms with Crippen molar-refractivity contribution in [3.05, 3.63) is 59.8 Å². The molecule has 104 valence electrons. The Hall–Kier alpha value is -2.62. The molecule has 3 aromatic rings. The van der Waals surface area contributed by atoms with Crippen LogP contribution in [-0.2, 0) is 0 Å². The summed E-state index contributed by atoms with van der Waals surface area (Å²) in [4.78, 5) is 0. The van der Waals surface area contributed by atoms with Crippen LogP contribution in [0.1, 0.15) is 17.3 Å². The van der Waals surface area contributed by atoms with Crippen molar-refractivity contribution in [2.24, 2.45) is 0 Å². The molecule has 1 aromatic heterocycles. The largest absolute Gasteiger partial charge is 0.491 e. The third kappa shape index (κ3) is 2.00. The molecule has 0 amide bonds. The second-order valence-electron chi connectivity index (χ2n) is 5.23. The molecule has 1 N–H and O–H groups in total. The number of aryl methyl sites for hydroxylation is 1. The van der Waals surface area contributed by atoms with Crippen molar-refractivity contribution in [2.45, 2.75) is 13.0 Å². The number of nitrogens with zero attached hydrogens (tertiary/aromatic N) is 2. The zero-order valence-corrected chi connectivity index (χ0v) is 11.7. The summed E-state index contributed by atoms with van der Waals surface area (Å²) in [7, 11) is 0. The maximum atomic E-state index is 5.71. The van der Waals surface area contributed by atoms with Gasteiger partial charge in [0.2, 0.25) is 0 Å². The molecule has 0 fully saturated rings. The van der Waals surface area contributed by atoms with Crippen molar-refractivity contribution < 1.29 is 4.74 Å². The van der Waals surface area contributed by atoms with Gasteiger partial charge < -0.3 is 10.1 Å². The third-order valence-electron chi connectivity index (χ3n) is 3.88. The fraction of sp³-hybridized carbons (Fsp3) is 0.176. The molecule has 2 aromatic carbocycles. The molecule has 1 aliphatic rings. The lowest BCUT2D eigenvalue weighted by Gasteiger charge is -2.14. The zero-order valence-electron chi connectivity index (χ0n) is 11.7. The van der Waals surface area contributed by atoms with Crippen molar-refractivity contribution in [1.29, 1.82) is 0 Å². The predicted octanol–water partition coefficient (Wildman–Crippen LogP) is 3.48. The summed E-state index contributed by atoms with van der Waals surface area (Å²) in [5.41, 5.74) is 2.11. The molecule has 4 heteroatoms. The first-order valence-corrected chi connectivity index (χ1v) is 7.03. The van der Waals surface area contributed by atoms with Gasteiger partial charge in [-0.05, 0) is 13.0 Å². The van der Waals surface area contributed by atoms with Crippen LogP contribution < -0.4 is 10.1 Å². The Bertz CT molecular complexity index is 816. The monoisotopic (exact) mass is 277 g/mol. The molecule has 0 saturated carbocycles. The molecule has 0 bridgehead atoms. The summed E-state index contributed by atoms with van der Waals surface area (Å²) in [6, 6.07) is 16.4. The van der Waals surface area contributed by atoms with Crippen LogP contribution in [0.5, 0.6) is 5.75 Å². The minimum Gasteiger partial charge on any atom is -0.491 e. The summed E-state index contributed by atoms with van der Waals surface area (Å²) in [6.07, 6.45) is 0. The molecule has 1 atom stereocenters. The fourth-order valence-corrected chi connectivity index (χ4v) is 2.79. The van der Waals surface area contributed by atoms with E-state index in [1.165, 1.54) is 5.56 Å². The quantitative estimate of drug-likeness (QED) is 0.779. The van der Waals surface area contributed by atoms with Crippen LogP contribution in [0.15, 0.2) is 48.5 Å². The number of hydrogen-bond donors (Lipinski definition) is 1. The van der Waals surface area contributed by atoms with E-state index in [0.29, 0.717) is 6.61 Å². The van der Waals surface area contributed by atoms with E-state index in [2.05, 4.69) is 33.7 Å². The van der Waals surface area contributed by atoms with E-state index in [-0.39, 0.29) is 6.04 Å². The number of anilines is 1. The van der Waals surface area contributed by atoms with Gasteiger partial charge in [-0.25, -0.2) is 0 Å². The standard InChI is InChI=1S/C17H15N3O/c1-11-12-6-2-3-7-13(12)17(20-19-11)18-15-10-21-16-9-5-4-8-14(15)16/h2-9,15H,10H2,1H3,(H,18,20). The van der Waals surface area contributed by atoms with Crippen LogP contribution in [-0.4, -0.2) is 16.8 Å². The Morgan fingerprint density at radius 2 is 1.76 bits per heavy atom. The Kier molecular flexibility index (Phi) is 2.74. The Labute approximate surface area is 122 Å². The van der Waals surface area contributed by atoms with Gasteiger partial charge >= 0.3 is 0 Å². The molecule has 1 aliphatic heterocycles. The van der Waals surface area contributed by atoms with Gasteiger partial charge in [0.15, 0.2) is 5.82 Å². The number of para-hydroxylation sites is 1. The first-order valence-electron chi connectivity index (χ1n) is 7.03. The maximum absolute atomic E-state index is 5.71. The van der Waals surface area contributed by atoms with Crippen LogP contribution in [0.4, 0.5) is 5.82 Å². The molecule has 2 heterocycles. The topological polar surface area (TPSA) is 47.0 Å². The second kappa shape index (κ2) is 4.74. The highest BCUT2D eigenvalue weighted by Crippen LogP contribution is 2.35. The minimum absolute atomic E-state index is 0.113. The van der Waals surface area contributed by atoms with E-state index in [1.807, 2.05) is 37.3 Å². The average molecular weight is 277 g/mol. The van der Waals surface area contributed by atoms with Crippen molar-refractivity contribution in [1.82, 2.24) is 10.2 Å². The first-order chi connectivity index (χ1) is 10.3. The lowest BCUT2D eigenvalue weighted by Crippen LogP contribution is -2.14.